The van der Waals surface area contributed by atoms with E-state index in [1.165, 1.54) is 14.2 Å². The molecule has 2 amide bonds. The van der Waals surface area contributed by atoms with E-state index in [9.17, 15) is 14.7 Å². The number of amides is 2. The highest BCUT2D eigenvalue weighted by molar-refractivity contribution is 5.85. The van der Waals surface area contributed by atoms with Crippen molar-refractivity contribution in [1.29, 1.82) is 0 Å². The summed E-state index contributed by atoms with van der Waals surface area (Å²) in [6.07, 6.45) is -0.918. The highest BCUT2D eigenvalue weighted by atomic mass is 16.7. The van der Waals surface area contributed by atoms with E-state index in [1.807, 2.05) is 12.1 Å². The molecule has 0 heterocycles. The molecule has 0 aliphatic rings. The largest absolute Gasteiger partial charge is 0.497 e. The van der Waals surface area contributed by atoms with Crippen LogP contribution in [0.4, 0.5) is 4.79 Å². The van der Waals surface area contributed by atoms with Crippen LogP contribution in [-0.2, 0) is 16.1 Å². The number of benzene rings is 1. The van der Waals surface area contributed by atoms with Gasteiger partial charge in [-0.1, -0.05) is 12.1 Å². The van der Waals surface area contributed by atoms with Crippen molar-refractivity contribution in [2.75, 3.05) is 21.3 Å². The molecule has 1 aromatic carbocycles. The summed E-state index contributed by atoms with van der Waals surface area (Å²) in [6.45, 7) is 5.26. The molecule has 0 spiro atoms. The van der Waals surface area contributed by atoms with Crippen LogP contribution in [0.2, 0.25) is 0 Å². The SMILES string of the molecule is COc1ccc(C[C@@H](C(=O)N(C)OC)N(C(=O)O)C(C)(C)C)cc1. The molecule has 7 heteroatoms. The summed E-state index contributed by atoms with van der Waals surface area (Å²) in [5, 5.41) is 10.7. The van der Waals surface area contributed by atoms with E-state index in [1.54, 1.807) is 40.0 Å². The molecular formula is C17H26N2O5. The van der Waals surface area contributed by atoms with Gasteiger partial charge in [0.15, 0.2) is 0 Å². The van der Waals surface area contributed by atoms with Crippen LogP contribution in [0.5, 0.6) is 5.75 Å². The Bertz CT molecular complexity index is 565. The Morgan fingerprint density at radius 1 is 1.17 bits per heavy atom. The first-order chi connectivity index (χ1) is 11.1. The lowest BCUT2D eigenvalue weighted by Gasteiger charge is -2.39. The minimum absolute atomic E-state index is 0.236. The van der Waals surface area contributed by atoms with Gasteiger partial charge in [0.25, 0.3) is 5.91 Å². The van der Waals surface area contributed by atoms with Crippen LogP contribution in [0.15, 0.2) is 24.3 Å². The monoisotopic (exact) mass is 338 g/mol. The third-order valence-corrected chi connectivity index (χ3v) is 3.70. The fraction of sp³-hybridized carbons (Fsp3) is 0.529. The highest BCUT2D eigenvalue weighted by Gasteiger charge is 2.39. The molecule has 1 rings (SSSR count). The van der Waals surface area contributed by atoms with Crippen molar-refractivity contribution < 1.29 is 24.3 Å². The minimum atomic E-state index is -1.15. The van der Waals surface area contributed by atoms with Gasteiger partial charge in [-0.3, -0.25) is 14.5 Å². The molecule has 1 N–H and O–H groups in total. The fourth-order valence-electron chi connectivity index (χ4n) is 2.46. The number of carbonyl (C=O) groups is 2. The molecule has 0 fully saturated rings. The lowest BCUT2D eigenvalue weighted by Crippen LogP contribution is -2.57. The first-order valence-corrected chi connectivity index (χ1v) is 7.58. The van der Waals surface area contributed by atoms with E-state index < -0.39 is 23.6 Å². The van der Waals surface area contributed by atoms with Crippen LogP contribution in [0.25, 0.3) is 0 Å². The first-order valence-electron chi connectivity index (χ1n) is 7.58. The summed E-state index contributed by atoms with van der Waals surface area (Å²) in [5.74, 6) is 0.271. The predicted molar refractivity (Wildman–Crippen MR) is 89.9 cm³/mol. The van der Waals surface area contributed by atoms with Gasteiger partial charge in [-0.25, -0.2) is 9.86 Å². The first kappa shape index (κ1) is 19.8. The normalized spacial score (nSPS) is 12.4. The molecule has 7 nitrogen and oxygen atoms in total. The zero-order valence-corrected chi connectivity index (χ0v) is 15.1. The van der Waals surface area contributed by atoms with Crippen molar-refractivity contribution in [2.45, 2.75) is 38.8 Å². The predicted octanol–water partition coefficient (Wildman–Crippen LogP) is 2.40. The minimum Gasteiger partial charge on any atom is -0.497 e. The van der Waals surface area contributed by atoms with Gasteiger partial charge in [0.2, 0.25) is 0 Å². The number of ether oxygens (including phenoxy) is 1. The number of hydrogen-bond acceptors (Lipinski definition) is 4. The maximum Gasteiger partial charge on any atom is 0.408 e. The lowest BCUT2D eigenvalue weighted by atomic mass is 9.98. The molecule has 0 saturated heterocycles. The van der Waals surface area contributed by atoms with Crippen molar-refractivity contribution in [3.8, 4) is 5.75 Å². The van der Waals surface area contributed by atoms with E-state index in [-0.39, 0.29) is 6.42 Å². The van der Waals surface area contributed by atoms with E-state index in [4.69, 9.17) is 9.57 Å². The maximum absolute atomic E-state index is 12.7. The topological polar surface area (TPSA) is 79.3 Å². The van der Waals surface area contributed by atoms with Crippen LogP contribution < -0.4 is 4.74 Å². The Labute approximate surface area is 142 Å². The smallest absolute Gasteiger partial charge is 0.408 e. The zero-order chi connectivity index (χ0) is 18.5. The number of carbonyl (C=O) groups excluding carboxylic acids is 1. The Hall–Kier alpha value is -2.28. The lowest BCUT2D eigenvalue weighted by molar-refractivity contribution is -0.175. The quantitative estimate of drug-likeness (QED) is 0.806. The number of rotatable bonds is 6. The van der Waals surface area contributed by atoms with Crippen molar-refractivity contribution in [3.05, 3.63) is 29.8 Å². The van der Waals surface area contributed by atoms with E-state index in [2.05, 4.69) is 0 Å². The van der Waals surface area contributed by atoms with Gasteiger partial charge >= 0.3 is 6.09 Å². The van der Waals surface area contributed by atoms with Gasteiger partial charge in [0.05, 0.1) is 14.2 Å². The van der Waals surface area contributed by atoms with Crippen LogP contribution in [0.1, 0.15) is 26.3 Å². The number of nitrogens with zero attached hydrogens (tertiary/aromatic N) is 2. The number of hydroxylamine groups is 2. The summed E-state index contributed by atoms with van der Waals surface area (Å²) in [7, 11) is 4.40. The van der Waals surface area contributed by atoms with Gasteiger partial charge in [0.1, 0.15) is 11.8 Å². The molecule has 1 aromatic rings. The number of likely N-dealkylation sites (N-methyl/N-ethyl adjacent to an activating group) is 1. The molecule has 0 radical (unpaired) electrons. The second-order valence-electron chi connectivity index (χ2n) is 6.41. The molecule has 0 aromatic heterocycles. The average Bonchev–Trinajstić information content (AvgIpc) is 2.51. The molecule has 0 saturated carbocycles. The number of methoxy groups -OCH3 is 1. The summed E-state index contributed by atoms with van der Waals surface area (Å²) < 4.78 is 5.12. The second kappa shape index (κ2) is 8.01. The highest BCUT2D eigenvalue weighted by Crippen LogP contribution is 2.23. The van der Waals surface area contributed by atoms with Gasteiger partial charge in [-0.05, 0) is 38.5 Å². The standard InChI is InChI=1S/C17H26N2O5/c1-17(2,3)19(16(21)22)14(15(20)18(4)24-6)11-12-7-9-13(23-5)10-8-12/h7-10,14H,11H2,1-6H3,(H,21,22)/t14-/m0/s1. The van der Waals surface area contributed by atoms with Gasteiger partial charge < -0.3 is 9.84 Å². The molecule has 0 aliphatic carbocycles. The van der Waals surface area contributed by atoms with E-state index >= 15 is 0 Å². The Balaban J connectivity index is 3.21. The van der Waals surface area contributed by atoms with E-state index in [0.717, 1.165) is 15.5 Å². The summed E-state index contributed by atoms with van der Waals surface area (Å²) in [4.78, 5) is 30.6. The maximum atomic E-state index is 12.7. The van der Waals surface area contributed by atoms with Crippen molar-refractivity contribution in [2.24, 2.45) is 0 Å². The summed E-state index contributed by atoms with van der Waals surface area (Å²) in [5.41, 5.74) is 0.0851. The average molecular weight is 338 g/mol. The van der Waals surface area contributed by atoms with E-state index in [0.29, 0.717) is 5.75 Å². The summed E-state index contributed by atoms with van der Waals surface area (Å²) in [6, 6.07) is 6.28. The van der Waals surface area contributed by atoms with Gasteiger partial charge in [-0.15, -0.1) is 0 Å². The molecule has 0 bridgehead atoms. The molecule has 24 heavy (non-hydrogen) atoms. The summed E-state index contributed by atoms with van der Waals surface area (Å²) >= 11 is 0. The molecular weight excluding hydrogens is 312 g/mol. The third kappa shape index (κ3) is 4.86. The van der Waals surface area contributed by atoms with Gasteiger partial charge in [0, 0.05) is 19.0 Å². The molecule has 0 aliphatic heterocycles. The van der Waals surface area contributed by atoms with Crippen molar-refractivity contribution in [1.82, 2.24) is 9.96 Å². The number of carboxylic acid groups (broad SMARTS) is 1. The number of hydrogen-bond donors (Lipinski definition) is 1. The van der Waals surface area contributed by atoms with Crippen LogP contribution in [-0.4, -0.2) is 59.9 Å². The zero-order valence-electron chi connectivity index (χ0n) is 15.1. The Kier molecular flexibility index (Phi) is 6.60. The van der Waals surface area contributed by atoms with Crippen LogP contribution in [0.3, 0.4) is 0 Å². The molecule has 134 valence electrons. The van der Waals surface area contributed by atoms with Gasteiger partial charge in [-0.2, -0.15) is 0 Å². The Morgan fingerprint density at radius 2 is 1.71 bits per heavy atom. The molecule has 1 atom stereocenters. The van der Waals surface area contributed by atoms with Crippen molar-refractivity contribution >= 4 is 12.0 Å². The third-order valence-electron chi connectivity index (χ3n) is 3.70. The van der Waals surface area contributed by atoms with Crippen molar-refractivity contribution in [3.63, 3.8) is 0 Å². The van der Waals surface area contributed by atoms with Crippen LogP contribution >= 0.6 is 0 Å². The second-order valence-corrected chi connectivity index (χ2v) is 6.41. The Morgan fingerprint density at radius 3 is 2.08 bits per heavy atom. The fourth-order valence-corrected chi connectivity index (χ4v) is 2.46. The van der Waals surface area contributed by atoms with Crippen LogP contribution in [0, 0.1) is 0 Å². The molecule has 0 unspecified atom stereocenters.